The molecule has 1 heterocycles. The van der Waals surface area contributed by atoms with Gasteiger partial charge in [-0.1, -0.05) is 0 Å². The maximum Gasteiger partial charge on any atom is 0.197 e. The zero-order valence-electron chi connectivity index (χ0n) is 11.1. The predicted molar refractivity (Wildman–Crippen MR) is 78.2 cm³/mol. The van der Waals surface area contributed by atoms with Crippen LogP contribution in [0.1, 0.15) is 0 Å². The summed E-state index contributed by atoms with van der Waals surface area (Å²) in [5.41, 5.74) is -0.106. The van der Waals surface area contributed by atoms with E-state index in [1.165, 1.54) is 24.3 Å². The van der Waals surface area contributed by atoms with Gasteiger partial charge in [-0.2, -0.15) is 0 Å². The minimum atomic E-state index is -0.490. The van der Waals surface area contributed by atoms with Crippen molar-refractivity contribution in [3.8, 4) is 34.3 Å². The van der Waals surface area contributed by atoms with Crippen molar-refractivity contribution in [2.75, 3.05) is 0 Å². The molecule has 7 nitrogen and oxygen atoms in total. The molecule has 0 amide bonds. The number of hydrogen-bond acceptors (Lipinski definition) is 6. The van der Waals surface area contributed by atoms with Crippen LogP contribution in [0, 0.1) is 0 Å². The van der Waals surface area contributed by atoms with Crippen LogP contribution in [0.5, 0.6) is 23.0 Å². The molecule has 0 saturated heterocycles. The van der Waals surface area contributed by atoms with Gasteiger partial charge in [0.15, 0.2) is 16.9 Å². The van der Waals surface area contributed by atoms with Crippen LogP contribution >= 0.6 is 0 Å². The van der Waals surface area contributed by atoms with Crippen LogP contribution in [0.15, 0.2) is 45.6 Å². The summed E-state index contributed by atoms with van der Waals surface area (Å²) in [7, 11) is 0. The number of fused-ring (bicyclic) bond motifs is 1. The standard InChI is InChI=1S/C15H10O6.H2O/c16-8-4-11(19)15-12(20)6-13(21-14(15)5-8)7-1-2-9(17)10(18)3-7;/h1-6,16-19H;1H2. The Morgan fingerprint density at radius 3 is 2.23 bits per heavy atom. The molecule has 0 aliphatic carbocycles. The quantitative estimate of drug-likeness (QED) is 0.501. The van der Waals surface area contributed by atoms with Gasteiger partial charge < -0.3 is 30.3 Å². The fourth-order valence-corrected chi connectivity index (χ4v) is 2.07. The Labute approximate surface area is 123 Å². The average Bonchev–Trinajstić information content (AvgIpc) is 2.40. The summed E-state index contributed by atoms with van der Waals surface area (Å²) in [5, 5.41) is 37.9. The third-order valence-electron chi connectivity index (χ3n) is 3.05. The Bertz CT molecular complexity index is 912. The second kappa shape index (κ2) is 5.30. The first-order valence-corrected chi connectivity index (χ1v) is 5.98. The molecule has 0 spiro atoms. The number of hydrogen-bond donors (Lipinski definition) is 4. The minimum absolute atomic E-state index is 0. The summed E-state index contributed by atoms with van der Waals surface area (Å²) in [6, 6.07) is 7.37. The summed E-state index contributed by atoms with van der Waals surface area (Å²) in [5.74, 6) is -1.13. The molecule has 0 atom stereocenters. The molecule has 6 N–H and O–H groups in total. The number of rotatable bonds is 1. The number of aromatic hydroxyl groups is 4. The molecular weight excluding hydrogens is 292 g/mol. The largest absolute Gasteiger partial charge is 0.508 e. The smallest absolute Gasteiger partial charge is 0.197 e. The fraction of sp³-hybridized carbons (Fsp3) is 0. The van der Waals surface area contributed by atoms with Crippen molar-refractivity contribution in [1.82, 2.24) is 0 Å². The molecule has 0 saturated carbocycles. The van der Waals surface area contributed by atoms with Gasteiger partial charge in [0.05, 0.1) is 0 Å². The third kappa shape index (κ3) is 2.40. The molecule has 0 unspecified atom stereocenters. The summed E-state index contributed by atoms with van der Waals surface area (Å²) >= 11 is 0. The molecule has 1 aromatic heterocycles. The Balaban J connectivity index is 0.00000176. The van der Waals surface area contributed by atoms with Crippen molar-refractivity contribution in [3.05, 3.63) is 46.6 Å². The van der Waals surface area contributed by atoms with Crippen LogP contribution < -0.4 is 5.43 Å². The van der Waals surface area contributed by atoms with Crippen LogP contribution in [0.4, 0.5) is 0 Å². The lowest BCUT2D eigenvalue weighted by Crippen LogP contribution is -2.00. The van der Waals surface area contributed by atoms with Crippen LogP contribution in [0.2, 0.25) is 0 Å². The van der Waals surface area contributed by atoms with E-state index >= 15 is 0 Å². The van der Waals surface area contributed by atoms with Gasteiger partial charge in [0.25, 0.3) is 0 Å². The molecule has 22 heavy (non-hydrogen) atoms. The van der Waals surface area contributed by atoms with Crippen molar-refractivity contribution in [2.24, 2.45) is 0 Å². The van der Waals surface area contributed by atoms with E-state index in [0.29, 0.717) is 5.56 Å². The van der Waals surface area contributed by atoms with Crippen molar-refractivity contribution < 1.29 is 30.3 Å². The summed E-state index contributed by atoms with van der Waals surface area (Å²) in [6.45, 7) is 0. The molecule has 0 fully saturated rings. The van der Waals surface area contributed by atoms with Crippen LogP contribution in [0.25, 0.3) is 22.3 Å². The van der Waals surface area contributed by atoms with Gasteiger partial charge in [0, 0.05) is 23.8 Å². The van der Waals surface area contributed by atoms with Crippen LogP contribution in [-0.4, -0.2) is 25.9 Å². The van der Waals surface area contributed by atoms with Crippen molar-refractivity contribution in [3.63, 3.8) is 0 Å². The van der Waals surface area contributed by atoms with Crippen LogP contribution in [-0.2, 0) is 0 Å². The van der Waals surface area contributed by atoms with E-state index < -0.39 is 5.43 Å². The molecule has 2 aromatic carbocycles. The normalized spacial score (nSPS) is 10.4. The zero-order valence-corrected chi connectivity index (χ0v) is 11.1. The lowest BCUT2D eigenvalue weighted by molar-refractivity contribution is 0.404. The van der Waals surface area contributed by atoms with E-state index in [9.17, 15) is 25.2 Å². The van der Waals surface area contributed by atoms with E-state index in [1.54, 1.807) is 0 Å². The highest BCUT2D eigenvalue weighted by Gasteiger charge is 2.13. The summed E-state index contributed by atoms with van der Waals surface area (Å²) in [4.78, 5) is 12.0. The first kappa shape index (κ1) is 15.2. The fourth-order valence-electron chi connectivity index (χ4n) is 2.07. The van der Waals surface area contributed by atoms with Gasteiger partial charge in [-0.05, 0) is 18.2 Å². The van der Waals surface area contributed by atoms with Gasteiger partial charge in [0.1, 0.15) is 28.2 Å². The third-order valence-corrected chi connectivity index (χ3v) is 3.05. The first-order chi connectivity index (χ1) is 9.95. The lowest BCUT2D eigenvalue weighted by atomic mass is 10.1. The highest BCUT2D eigenvalue weighted by Crippen LogP contribution is 2.33. The Morgan fingerprint density at radius 1 is 0.818 bits per heavy atom. The number of phenolic OH excluding ortho intramolecular Hbond substituents is 4. The highest BCUT2D eigenvalue weighted by molar-refractivity contribution is 5.86. The van der Waals surface area contributed by atoms with E-state index in [2.05, 4.69) is 0 Å². The highest BCUT2D eigenvalue weighted by atomic mass is 16.3. The molecule has 7 heteroatoms. The second-order valence-corrected chi connectivity index (χ2v) is 4.52. The van der Waals surface area contributed by atoms with Gasteiger partial charge in [0.2, 0.25) is 0 Å². The average molecular weight is 304 g/mol. The molecule has 0 aliphatic heterocycles. The number of benzene rings is 2. The van der Waals surface area contributed by atoms with Crippen molar-refractivity contribution >= 4 is 11.0 Å². The van der Waals surface area contributed by atoms with E-state index in [-0.39, 0.29) is 45.2 Å². The molecule has 0 radical (unpaired) electrons. The van der Waals surface area contributed by atoms with Gasteiger partial charge in [-0.25, -0.2) is 0 Å². The SMILES string of the molecule is O.O=c1cc(-c2ccc(O)c(O)c2)oc2cc(O)cc(O)c12. The maximum atomic E-state index is 12.0. The number of phenols is 4. The molecule has 3 aromatic rings. The minimum Gasteiger partial charge on any atom is -0.508 e. The molecule has 0 aliphatic rings. The maximum absolute atomic E-state index is 12.0. The monoisotopic (exact) mass is 304 g/mol. The molecule has 114 valence electrons. The zero-order chi connectivity index (χ0) is 15.1. The second-order valence-electron chi connectivity index (χ2n) is 4.52. The Kier molecular flexibility index (Phi) is 3.66. The van der Waals surface area contributed by atoms with Crippen LogP contribution in [0.3, 0.4) is 0 Å². The van der Waals surface area contributed by atoms with E-state index in [1.807, 2.05) is 0 Å². The topological polar surface area (TPSA) is 143 Å². The van der Waals surface area contributed by atoms with Gasteiger partial charge in [-0.15, -0.1) is 0 Å². The Hall–Kier alpha value is -3.19. The van der Waals surface area contributed by atoms with Crippen molar-refractivity contribution in [2.45, 2.75) is 0 Å². The summed E-state index contributed by atoms with van der Waals surface area (Å²) < 4.78 is 5.47. The van der Waals surface area contributed by atoms with Gasteiger partial charge in [-0.3, -0.25) is 4.79 Å². The summed E-state index contributed by atoms with van der Waals surface area (Å²) in [6.07, 6.45) is 0. The molecular formula is C15H12O7. The van der Waals surface area contributed by atoms with Crippen molar-refractivity contribution in [1.29, 1.82) is 0 Å². The first-order valence-electron chi connectivity index (χ1n) is 5.98. The molecule has 0 bridgehead atoms. The van der Waals surface area contributed by atoms with E-state index in [0.717, 1.165) is 12.1 Å². The molecule has 3 rings (SSSR count). The Morgan fingerprint density at radius 2 is 1.55 bits per heavy atom. The lowest BCUT2D eigenvalue weighted by Gasteiger charge is -2.06. The van der Waals surface area contributed by atoms with Gasteiger partial charge >= 0.3 is 0 Å². The van der Waals surface area contributed by atoms with E-state index in [4.69, 9.17) is 4.42 Å². The predicted octanol–water partition coefficient (Wildman–Crippen LogP) is 1.46.